The van der Waals surface area contributed by atoms with Gasteiger partial charge in [-0.25, -0.2) is 4.98 Å². The molecule has 6 nitrogen and oxygen atoms in total. The van der Waals surface area contributed by atoms with Gasteiger partial charge in [-0.15, -0.1) is 0 Å². The number of methoxy groups -OCH3 is 1. The molecule has 1 aromatic heterocycles. The number of nitrogens with zero attached hydrogens (tertiary/aromatic N) is 2. The van der Waals surface area contributed by atoms with E-state index in [1.165, 1.54) is 16.7 Å². The van der Waals surface area contributed by atoms with Gasteiger partial charge in [0.25, 0.3) is 0 Å². The minimum absolute atomic E-state index is 0.114. The van der Waals surface area contributed by atoms with Crippen LogP contribution in [0.1, 0.15) is 41.9 Å². The minimum Gasteiger partial charge on any atom is -0.497 e. The highest BCUT2D eigenvalue weighted by atomic mass is 16.5. The summed E-state index contributed by atoms with van der Waals surface area (Å²) in [5.41, 5.74) is 3.63. The zero-order chi connectivity index (χ0) is 25.7. The molecule has 3 aromatic carbocycles. The van der Waals surface area contributed by atoms with E-state index in [1.807, 2.05) is 24.3 Å². The summed E-state index contributed by atoms with van der Waals surface area (Å²) < 4.78 is 5.30. The van der Waals surface area contributed by atoms with Crippen molar-refractivity contribution in [3.8, 4) is 5.75 Å². The van der Waals surface area contributed by atoms with Crippen molar-refractivity contribution < 1.29 is 9.53 Å². The monoisotopic (exact) mass is 496 g/mol. The molecule has 0 atom stereocenters. The highest BCUT2D eigenvalue weighted by Gasteiger charge is 2.21. The molecule has 0 saturated carbocycles. The number of hydrogen-bond donors (Lipinski definition) is 2. The van der Waals surface area contributed by atoms with Gasteiger partial charge in [-0.05, 0) is 48.1 Å². The minimum atomic E-state index is 0.114. The van der Waals surface area contributed by atoms with Gasteiger partial charge in [0.15, 0.2) is 5.95 Å². The number of hydrogen-bond acceptors (Lipinski definition) is 4. The average Bonchev–Trinajstić information content (AvgIpc) is 3.48. The van der Waals surface area contributed by atoms with E-state index in [9.17, 15) is 4.79 Å². The fourth-order valence-corrected chi connectivity index (χ4v) is 4.50. The number of aromatic nitrogens is 2. The molecular formula is C31H36N4O2. The molecule has 37 heavy (non-hydrogen) atoms. The van der Waals surface area contributed by atoms with E-state index in [2.05, 4.69) is 80.8 Å². The predicted molar refractivity (Wildman–Crippen MR) is 149 cm³/mol. The maximum absolute atomic E-state index is 13.5. The van der Waals surface area contributed by atoms with Crippen molar-refractivity contribution in [1.29, 1.82) is 0 Å². The van der Waals surface area contributed by atoms with Crippen LogP contribution >= 0.6 is 0 Å². The molecule has 2 N–H and O–H groups in total. The second-order valence-corrected chi connectivity index (χ2v) is 9.13. The van der Waals surface area contributed by atoms with Crippen LogP contribution in [0.5, 0.6) is 5.75 Å². The van der Waals surface area contributed by atoms with Crippen molar-refractivity contribution in [2.45, 2.75) is 31.6 Å². The predicted octanol–water partition coefficient (Wildman–Crippen LogP) is 5.90. The highest BCUT2D eigenvalue weighted by Crippen LogP contribution is 2.26. The Balaban J connectivity index is 1.44. The smallest absolute Gasteiger partial charge is 0.222 e. The van der Waals surface area contributed by atoms with Crippen LogP contribution in [0.3, 0.4) is 0 Å². The zero-order valence-corrected chi connectivity index (χ0v) is 21.5. The number of carbonyl (C=O) groups is 1. The third kappa shape index (κ3) is 7.97. The van der Waals surface area contributed by atoms with Crippen LogP contribution in [0.4, 0.5) is 5.95 Å². The van der Waals surface area contributed by atoms with Crippen molar-refractivity contribution in [2.24, 2.45) is 0 Å². The summed E-state index contributed by atoms with van der Waals surface area (Å²) in [4.78, 5) is 22.8. The molecule has 0 radical (unpaired) electrons. The standard InChI is InChI=1S/C31H36N4O2/c1-37-28-17-15-25(16-18-28)19-23-35(30(36)14-8-9-20-32-31-33-21-22-34-31)24-29(26-10-4-2-5-11-26)27-12-6-3-7-13-27/h2-7,10-13,15-18,21-22,29H,8-9,14,19-20,23-24H2,1H3,(H2,32,33,34). The number of amides is 1. The summed E-state index contributed by atoms with van der Waals surface area (Å²) in [6.07, 6.45) is 6.57. The molecule has 0 saturated heterocycles. The van der Waals surface area contributed by atoms with Gasteiger partial charge in [0.1, 0.15) is 5.75 Å². The lowest BCUT2D eigenvalue weighted by Gasteiger charge is -2.29. The van der Waals surface area contributed by atoms with Gasteiger partial charge >= 0.3 is 0 Å². The first-order valence-electron chi connectivity index (χ1n) is 13.0. The van der Waals surface area contributed by atoms with Crippen molar-refractivity contribution >= 4 is 11.9 Å². The van der Waals surface area contributed by atoms with Crippen LogP contribution in [0, 0.1) is 0 Å². The van der Waals surface area contributed by atoms with Crippen molar-refractivity contribution in [3.63, 3.8) is 0 Å². The molecule has 1 amide bonds. The molecule has 0 bridgehead atoms. The van der Waals surface area contributed by atoms with Crippen LogP contribution in [0.2, 0.25) is 0 Å². The van der Waals surface area contributed by atoms with Crippen LogP contribution in [0.15, 0.2) is 97.3 Å². The molecule has 0 fully saturated rings. The van der Waals surface area contributed by atoms with E-state index in [-0.39, 0.29) is 11.8 Å². The first-order chi connectivity index (χ1) is 18.2. The Labute approximate surface area is 219 Å². The second-order valence-electron chi connectivity index (χ2n) is 9.13. The van der Waals surface area contributed by atoms with Gasteiger partial charge in [0.2, 0.25) is 5.91 Å². The highest BCUT2D eigenvalue weighted by molar-refractivity contribution is 5.76. The van der Waals surface area contributed by atoms with Gasteiger partial charge in [-0.2, -0.15) is 0 Å². The maximum atomic E-state index is 13.5. The van der Waals surface area contributed by atoms with Crippen molar-refractivity contribution in [1.82, 2.24) is 14.9 Å². The maximum Gasteiger partial charge on any atom is 0.222 e. The number of carbonyl (C=O) groups excluding carboxylic acids is 1. The van der Waals surface area contributed by atoms with E-state index in [0.29, 0.717) is 19.5 Å². The van der Waals surface area contributed by atoms with E-state index >= 15 is 0 Å². The molecule has 0 aliphatic heterocycles. The Hall–Kier alpha value is -4.06. The SMILES string of the molecule is COc1ccc(CCN(CC(c2ccccc2)c2ccccc2)C(=O)CCCCNc2ncc[nH]2)cc1. The lowest BCUT2D eigenvalue weighted by molar-refractivity contribution is -0.131. The first kappa shape index (κ1) is 26.0. The van der Waals surface area contributed by atoms with Crippen LogP contribution < -0.4 is 10.1 Å². The number of nitrogens with one attached hydrogen (secondary N) is 2. The lowest BCUT2D eigenvalue weighted by Crippen LogP contribution is -2.36. The Morgan fingerprint density at radius 3 is 2.22 bits per heavy atom. The van der Waals surface area contributed by atoms with E-state index in [4.69, 9.17) is 4.74 Å². The van der Waals surface area contributed by atoms with Gasteiger partial charge < -0.3 is 19.9 Å². The number of rotatable bonds is 14. The molecule has 6 heteroatoms. The lowest BCUT2D eigenvalue weighted by atomic mass is 9.90. The molecule has 0 aliphatic carbocycles. The number of imidazole rings is 1. The Morgan fingerprint density at radius 2 is 1.62 bits per heavy atom. The molecular weight excluding hydrogens is 460 g/mol. The van der Waals surface area contributed by atoms with E-state index < -0.39 is 0 Å². The first-order valence-corrected chi connectivity index (χ1v) is 13.0. The largest absolute Gasteiger partial charge is 0.497 e. The van der Waals surface area contributed by atoms with Crippen molar-refractivity contribution in [3.05, 3.63) is 114 Å². The van der Waals surface area contributed by atoms with Crippen molar-refractivity contribution in [2.75, 3.05) is 32.1 Å². The normalized spacial score (nSPS) is 10.9. The third-order valence-corrected chi connectivity index (χ3v) is 6.60. The Morgan fingerprint density at radius 1 is 0.946 bits per heavy atom. The summed E-state index contributed by atoms with van der Waals surface area (Å²) in [5.74, 6) is 1.92. The summed E-state index contributed by atoms with van der Waals surface area (Å²) in [5, 5.41) is 3.26. The summed E-state index contributed by atoms with van der Waals surface area (Å²) >= 11 is 0. The molecule has 1 heterocycles. The summed E-state index contributed by atoms with van der Waals surface area (Å²) in [6, 6.07) is 29.1. The van der Waals surface area contributed by atoms with Gasteiger partial charge in [-0.3, -0.25) is 4.79 Å². The number of anilines is 1. The van der Waals surface area contributed by atoms with Gasteiger partial charge in [-0.1, -0.05) is 72.8 Å². The quantitative estimate of drug-likeness (QED) is 0.213. The Bertz CT molecular complexity index is 1140. The molecule has 4 aromatic rings. The fourth-order valence-electron chi connectivity index (χ4n) is 4.50. The van der Waals surface area contributed by atoms with Gasteiger partial charge in [0, 0.05) is 44.4 Å². The second kappa shape index (κ2) is 13.9. The molecule has 0 aliphatic rings. The zero-order valence-electron chi connectivity index (χ0n) is 21.5. The Kier molecular flexibility index (Phi) is 9.76. The van der Waals surface area contributed by atoms with E-state index in [0.717, 1.165) is 37.5 Å². The van der Waals surface area contributed by atoms with Crippen LogP contribution in [-0.2, 0) is 11.2 Å². The van der Waals surface area contributed by atoms with E-state index in [1.54, 1.807) is 19.5 Å². The fraction of sp³-hybridized carbons (Fsp3) is 0.290. The summed E-state index contributed by atoms with van der Waals surface area (Å²) in [7, 11) is 1.67. The number of aromatic amines is 1. The average molecular weight is 497 g/mol. The molecule has 4 rings (SSSR count). The third-order valence-electron chi connectivity index (χ3n) is 6.60. The van der Waals surface area contributed by atoms with Crippen LogP contribution in [0.25, 0.3) is 0 Å². The van der Waals surface area contributed by atoms with Crippen LogP contribution in [-0.4, -0.2) is 47.5 Å². The number of unbranched alkanes of at least 4 members (excludes halogenated alkanes) is 1. The number of ether oxygens (including phenoxy) is 1. The summed E-state index contributed by atoms with van der Waals surface area (Å²) in [6.45, 7) is 2.10. The molecule has 192 valence electrons. The number of H-pyrrole nitrogens is 1. The molecule has 0 spiro atoms. The number of benzene rings is 3. The topological polar surface area (TPSA) is 70.2 Å². The molecule has 0 unspecified atom stereocenters. The van der Waals surface area contributed by atoms with Gasteiger partial charge in [0.05, 0.1) is 7.11 Å².